The maximum atomic E-state index is 5.21. The minimum atomic E-state index is -0.0289. The van der Waals surface area contributed by atoms with E-state index in [1.165, 1.54) is 5.57 Å². The topological polar surface area (TPSA) is 21.3 Å². The molecule has 0 aromatic heterocycles. The van der Waals surface area contributed by atoms with Crippen molar-refractivity contribution in [3.8, 4) is 0 Å². The molecule has 1 aliphatic heterocycles. The van der Waals surface area contributed by atoms with Crippen LogP contribution < -0.4 is 5.48 Å². The Bertz CT molecular complexity index is 138. The van der Waals surface area contributed by atoms with Crippen molar-refractivity contribution in [1.29, 1.82) is 0 Å². The van der Waals surface area contributed by atoms with E-state index in [1.54, 1.807) is 0 Å². The van der Waals surface area contributed by atoms with Gasteiger partial charge in [-0.3, -0.25) is 10.3 Å². The third-order valence-corrected chi connectivity index (χ3v) is 1.35. The molecule has 0 fully saturated rings. The molecule has 1 N–H and O–H groups in total. The van der Waals surface area contributed by atoms with Crippen LogP contribution in [0.1, 0.15) is 27.2 Å². The van der Waals surface area contributed by atoms with Crippen molar-refractivity contribution in [2.45, 2.75) is 32.8 Å². The molecule has 0 aromatic carbocycles. The van der Waals surface area contributed by atoms with Gasteiger partial charge in [0.1, 0.15) is 0 Å². The van der Waals surface area contributed by atoms with E-state index in [-0.39, 0.29) is 5.60 Å². The van der Waals surface area contributed by atoms with Gasteiger partial charge in [0.05, 0.1) is 5.60 Å². The highest BCUT2D eigenvalue weighted by Gasteiger charge is 2.21. The van der Waals surface area contributed by atoms with Crippen LogP contribution in [-0.4, -0.2) is 5.60 Å². The summed E-state index contributed by atoms with van der Waals surface area (Å²) in [5, 5.41) is 0. The fourth-order valence-corrected chi connectivity index (χ4v) is 1.05. The first kappa shape index (κ1) is 6.62. The average molecular weight is 127 g/mol. The molecule has 1 aliphatic rings. The van der Waals surface area contributed by atoms with Crippen molar-refractivity contribution < 1.29 is 4.84 Å². The van der Waals surface area contributed by atoms with Gasteiger partial charge in [0.2, 0.25) is 0 Å². The van der Waals surface area contributed by atoms with E-state index in [2.05, 4.69) is 26.3 Å². The van der Waals surface area contributed by atoms with Gasteiger partial charge in [-0.2, -0.15) is 0 Å². The number of rotatable bonds is 0. The first-order valence-corrected chi connectivity index (χ1v) is 3.19. The molecule has 1 heterocycles. The minimum Gasteiger partial charge on any atom is -0.274 e. The molecule has 0 bridgehead atoms. The molecule has 0 amide bonds. The van der Waals surface area contributed by atoms with Crippen LogP contribution >= 0.6 is 0 Å². The fraction of sp³-hybridized carbons (Fsp3) is 0.714. The van der Waals surface area contributed by atoms with E-state index in [0.29, 0.717) is 0 Å². The molecule has 9 heavy (non-hydrogen) atoms. The molecule has 0 saturated carbocycles. The van der Waals surface area contributed by atoms with Crippen molar-refractivity contribution in [3.05, 3.63) is 11.8 Å². The molecule has 0 saturated heterocycles. The van der Waals surface area contributed by atoms with E-state index in [0.717, 1.165) is 6.42 Å². The predicted molar refractivity (Wildman–Crippen MR) is 36.7 cm³/mol. The number of hydrogen-bond acceptors (Lipinski definition) is 2. The van der Waals surface area contributed by atoms with Crippen molar-refractivity contribution in [2.24, 2.45) is 0 Å². The molecule has 0 aromatic rings. The third kappa shape index (κ3) is 1.72. The van der Waals surface area contributed by atoms with Crippen LogP contribution in [-0.2, 0) is 4.84 Å². The maximum absolute atomic E-state index is 5.21. The summed E-state index contributed by atoms with van der Waals surface area (Å²) in [7, 11) is 0. The van der Waals surface area contributed by atoms with Crippen LogP contribution in [0.4, 0.5) is 0 Å². The zero-order valence-corrected chi connectivity index (χ0v) is 6.19. The zero-order valence-electron chi connectivity index (χ0n) is 6.19. The van der Waals surface area contributed by atoms with Gasteiger partial charge < -0.3 is 0 Å². The number of nitrogens with one attached hydrogen (secondary N) is 1. The van der Waals surface area contributed by atoms with Crippen molar-refractivity contribution in [1.82, 2.24) is 5.48 Å². The van der Waals surface area contributed by atoms with Gasteiger partial charge in [-0.05, 0) is 20.8 Å². The van der Waals surface area contributed by atoms with Gasteiger partial charge in [0.15, 0.2) is 0 Å². The summed E-state index contributed by atoms with van der Waals surface area (Å²) in [6.45, 7) is 6.23. The number of hydrogen-bond donors (Lipinski definition) is 1. The van der Waals surface area contributed by atoms with Crippen LogP contribution in [0.5, 0.6) is 0 Å². The largest absolute Gasteiger partial charge is 0.274 e. The highest BCUT2D eigenvalue weighted by molar-refractivity contribution is 5.02. The van der Waals surface area contributed by atoms with Crippen molar-refractivity contribution in [2.75, 3.05) is 0 Å². The summed E-state index contributed by atoms with van der Waals surface area (Å²) in [4.78, 5) is 5.21. The standard InChI is InChI=1S/C7H13NO/c1-6-4-7(2,3)9-8-5-6/h5,8H,4H2,1-3H3. The van der Waals surface area contributed by atoms with Crippen LogP contribution in [0.15, 0.2) is 11.8 Å². The second kappa shape index (κ2) is 2.03. The summed E-state index contributed by atoms with van der Waals surface area (Å²) in [6, 6.07) is 0. The Kier molecular flexibility index (Phi) is 1.49. The second-order valence-electron chi connectivity index (χ2n) is 3.15. The lowest BCUT2D eigenvalue weighted by molar-refractivity contribution is -0.0743. The molecular formula is C7H13NO. The van der Waals surface area contributed by atoms with Gasteiger partial charge in [0.25, 0.3) is 0 Å². The van der Waals surface area contributed by atoms with Gasteiger partial charge in [-0.15, -0.1) is 0 Å². The summed E-state index contributed by atoms with van der Waals surface area (Å²) < 4.78 is 0. The maximum Gasteiger partial charge on any atom is 0.0941 e. The molecule has 0 spiro atoms. The average Bonchev–Trinajstić information content (AvgIpc) is 1.60. The molecule has 0 aliphatic carbocycles. The van der Waals surface area contributed by atoms with E-state index in [9.17, 15) is 0 Å². The van der Waals surface area contributed by atoms with E-state index >= 15 is 0 Å². The first-order chi connectivity index (χ1) is 4.10. The fourth-order valence-electron chi connectivity index (χ4n) is 1.05. The van der Waals surface area contributed by atoms with Gasteiger partial charge in [-0.1, -0.05) is 5.57 Å². The summed E-state index contributed by atoms with van der Waals surface area (Å²) in [5.41, 5.74) is 4.07. The smallest absolute Gasteiger partial charge is 0.0941 e. The van der Waals surface area contributed by atoms with E-state index < -0.39 is 0 Å². The van der Waals surface area contributed by atoms with E-state index in [4.69, 9.17) is 4.84 Å². The molecule has 0 unspecified atom stereocenters. The SMILES string of the molecule is CC1=CNOC(C)(C)C1. The second-order valence-corrected chi connectivity index (χ2v) is 3.15. The Hall–Kier alpha value is -0.500. The molecule has 52 valence electrons. The molecule has 0 radical (unpaired) electrons. The zero-order chi connectivity index (χ0) is 6.91. The van der Waals surface area contributed by atoms with Crippen LogP contribution in [0, 0.1) is 0 Å². The molecule has 2 nitrogen and oxygen atoms in total. The molecule has 1 rings (SSSR count). The quantitative estimate of drug-likeness (QED) is 0.533. The van der Waals surface area contributed by atoms with Crippen molar-refractivity contribution in [3.63, 3.8) is 0 Å². The predicted octanol–water partition coefficient (Wildman–Crippen LogP) is 1.59. The van der Waals surface area contributed by atoms with Crippen LogP contribution in [0.3, 0.4) is 0 Å². The first-order valence-electron chi connectivity index (χ1n) is 3.19. The summed E-state index contributed by atoms with van der Waals surface area (Å²) >= 11 is 0. The lowest BCUT2D eigenvalue weighted by Gasteiger charge is -2.28. The van der Waals surface area contributed by atoms with Crippen LogP contribution in [0.25, 0.3) is 0 Å². The van der Waals surface area contributed by atoms with Gasteiger partial charge in [-0.25, -0.2) is 0 Å². The highest BCUT2D eigenvalue weighted by Crippen LogP contribution is 2.21. The Morgan fingerprint density at radius 1 is 1.67 bits per heavy atom. The monoisotopic (exact) mass is 127 g/mol. The molecule has 2 heteroatoms. The molecule has 0 atom stereocenters. The highest BCUT2D eigenvalue weighted by atomic mass is 16.7. The van der Waals surface area contributed by atoms with Gasteiger partial charge >= 0.3 is 0 Å². The Morgan fingerprint density at radius 3 is 2.67 bits per heavy atom. The summed E-state index contributed by atoms with van der Waals surface area (Å²) in [5.74, 6) is 0. The Labute approximate surface area is 55.9 Å². The van der Waals surface area contributed by atoms with Gasteiger partial charge in [0, 0.05) is 12.6 Å². The number of hydroxylamine groups is 1. The van der Waals surface area contributed by atoms with Crippen LogP contribution in [0.2, 0.25) is 0 Å². The third-order valence-electron chi connectivity index (χ3n) is 1.35. The lowest BCUT2D eigenvalue weighted by atomic mass is 10.00. The lowest BCUT2D eigenvalue weighted by Crippen LogP contribution is -2.33. The summed E-state index contributed by atoms with van der Waals surface area (Å²) in [6.07, 6.45) is 2.91. The normalized spacial score (nSPS) is 24.6. The van der Waals surface area contributed by atoms with E-state index in [1.807, 2.05) is 6.20 Å². The van der Waals surface area contributed by atoms with Crippen molar-refractivity contribution >= 4 is 0 Å². The Balaban J connectivity index is 2.59. The minimum absolute atomic E-state index is 0.0289. The Morgan fingerprint density at radius 2 is 2.33 bits per heavy atom. The molecular weight excluding hydrogens is 114 g/mol.